The molecule has 1 N–H and O–H groups in total. The number of carbonyl (C=O) groups is 1. The summed E-state index contributed by atoms with van der Waals surface area (Å²) >= 11 is 0. The van der Waals surface area contributed by atoms with Crippen molar-refractivity contribution in [1.29, 1.82) is 0 Å². The van der Waals surface area contributed by atoms with Gasteiger partial charge in [-0.2, -0.15) is 0 Å². The summed E-state index contributed by atoms with van der Waals surface area (Å²) < 4.78 is 5.53. The van der Waals surface area contributed by atoms with Crippen LogP contribution in [0, 0.1) is 5.41 Å². The molecule has 0 radical (unpaired) electrons. The van der Waals surface area contributed by atoms with E-state index >= 15 is 0 Å². The highest BCUT2D eigenvalue weighted by Gasteiger charge is 2.39. The van der Waals surface area contributed by atoms with Gasteiger partial charge in [0.05, 0.1) is 12.0 Å². The van der Waals surface area contributed by atoms with E-state index in [0.29, 0.717) is 0 Å². The molecule has 0 unspecified atom stereocenters. The van der Waals surface area contributed by atoms with Gasteiger partial charge in [0.2, 0.25) is 0 Å². The normalized spacial score (nSPS) is 20.8. The molecule has 0 bridgehead atoms. The first-order chi connectivity index (χ1) is 10.1. The van der Waals surface area contributed by atoms with Gasteiger partial charge in [-0.3, -0.25) is 9.69 Å². The molecule has 1 aromatic carbocycles. The largest absolute Gasteiger partial charge is 0.493 e. The van der Waals surface area contributed by atoms with E-state index in [1.807, 2.05) is 6.92 Å². The first kappa shape index (κ1) is 14.4. The van der Waals surface area contributed by atoms with Crippen molar-refractivity contribution in [1.82, 2.24) is 4.90 Å². The van der Waals surface area contributed by atoms with Crippen LogP contribution in [0.5, 0.6) is 5.75 Å². The fourth-order valence-corrected chi connectivity index (χ4v) is 3.45. The second kappa shape index (κ2) is 5.68. The zero-order valence-corrected chi connectivity index (χ0v) is 12.6. The van der Waals surface area contributed by atoms with Crippen LogP contribution in [0.25, 0.3) is 0 Å². The van der Waals surface area contributed by atoms with Gasteiger partial charge in [0.1, 0.15) is 5.75 Å². The molecule has 21 heavy (non-hydrogen) atoms. The van der Waals surface area contributed by atoms with Gasteiger partial charge in [-0.25, -0.2) is 0 Å². The number of nitrogens with zero attached hydrogens (tertiary/aromatic N) is 1. The number of carboxylic acids is 1. The van der Waals surface area contributed by atoms with Crippen LogP contribution in [-0.2, 0) is 17.8 Å². The van der Waals surface area contributed by atoms with E-state index in [9.17, 15) is 9.90 Å². The maximum Gasteiger partial charge on any atom is 0.309 e. The summed E-state index contributed by atoms with van der Waals surface area (Å²) in [4.78, 5) is 13.8. The zero-order valence-electron chi connectivity index (χ0n) is 12.6. The maximum atomic E-state index is 11.5. The number of piperidine rings is 1. The van der Waals surface area contributed by atoms with E-state index in [2.05, 4.69) is 23.1 Å². The van der Waals surface area contributed by atoms with E-state index in [1.54, 1.807) is 0 Å². The highest BCUT2D eigenvalue weighted by Crippen LogP contribution is 2.35. The molecule has 0 aromatic heterocycles. The number of aliphatic carboxylic acids is 1. The summed E-state index contributed by atoms with van der Waals surface area (Å²) in [7, 11) is 0. The average molecular weight is 289 g/mol. The summed E-state index contributed by atoms with van der Waals surface area (Å²) in [6, 6.07) is 6.43. The van der Waals surface area contributed by atoms with E-state index in [0.717, 1.165) is 57.7 Å². The molecule has 0 saturated carbocycles. The van der Waals surface area contributed by atoms with E-state index in [1.165, 1.54) is 11.1 Å². The SMILES string of the molecule is CCC1(C(=O)O)CCN(Cc2ccc3c(c2)CCO3)CC1. The van der Waals surface area contributed by atoms with Crippen LogP contribution in [0.1, 0.15) is 37.3 Å². The van der Waals surface area contributed by atoms with Crippen molar-refractivity contribution in [2.45, 2.75) is 39.2 Å². The lowest BCUT2D eigenvalue weighted by molar-refractivity contribution is -0.152. The summed E-state index contributed by atoms with van der Waals surface area (Å²) in [5, 5.41) is 9.44. The third-order valence-corrected chi connectivity index (χ3v) is 5.10. The molecular formula is C17H23NO3. The molecular weight excluding hydrogens is 266 g/mol. The van der Waals surface area contributed by atoms with Gasteiger partial charge in [-0.15, -0.1) is 0 Å². The van der Waals surface area contributed by atoms with Gasteiger partial charge in [0, 0.05) is 13.0 Å². The molecule has 3 rings (SSSR count). The zero-order chi connectivity index (χ0) is 14.9. The molecule has 1 saturated heterocycles. The van der Waals surface area contributed by atoms with Crippen molar-refractivity contribution < 1.29 is 14.6 Å². The lowest BCUT2D eigenvalue weighted by Crippen LogP contribution is -2.43. The summed E-state index contributed by atoms with van der Waals surface area (Å²) in [6.45, 7) is 5.43. The molecule has 2 aliphatic heterocycles. The maximum absolute atomic E-state index is 11.5. The van der Waals surface area contributed by atoms with Crippen LogP contribution in [0.3, 0.4) is 0 Å². The van der Waals surface area contributed by atoms with Gasteiger partial charge in [-0.1, -0.05) is 19.1 Å². The van der Waals surface area contributed by atoms with E-state index in [4.69, 9.17) is 4.74 Å². The van der Waals surface area contributed by atoms with Crippen molar-refractivity contribution in [2.75, 3.05) is 19.7 Å². The second-order valence-corrected chi connectivity index (χ2v) is 6.26. The third kappa shape index (κ3) is 2.77. The molecule has 1 fully saturated rings. The topological polar surface area (TPSA) is 49.8 Å². The number of rotatable bonds is 4. The number of benzene rings is 1. The first-order valence-electron chi connectivity index (χ1n) is 7.83. The summed E-state index contributed by atoms with van der Waals surface area (Å²) in [6.07, 6.45) is 3.24. The fourth-order valence-electron chi connectivity index (χ4n) is 3.45. The third-order valence-electron chi connectivity index (χ3n) is 5.10. The van der Waals surface area contributed by atoms with E-state index in [-0.39, 0.29) is 0 Å². The molecule has 0 amide bonds. The van der Waals surface area contributed by atoms with Gasteiger partial charge < -0.3 is 9.84 Å². The van der Waals surface area contributed by atoms with Crippen LogP contribution >= 0.6 is 0 Å². The Hall–Kier alpha value is -1.55. The Labute approximate surface area is 125 Å². The highest BCUT2D eigenvalue weighted by atomic mass is 16.5. The van der Waals surface area contributed by atoms with Crippen LogP contribution in [0.15, 0.2) is 18.2 Å². The number of ether oxygens (including phenoxy) is 1. The lowest BCUT2D eigenvalue weighted by atomic mass is 9.76. The Morgan fingerprint density at radius 1 is 1.38 bits per heavy atom. The molecule has 2 aliphatic rings. The summed E-state index contributed by atoms with van der Waals surface area (Å²) in [5.41, 5.74) is 2.11. The number of hydrogen-bond acceptors (Lipinski definition) is 3. The second-order valence-electron chi connectivity index (χ2n) is 6.26. The minimum absolute atomic E-state index is 0.498. The first-order valence-corrected chi connectivity index (χ1v) is 7.83. The Kier molecular flexibility index (Phi) is 3.89. The molecule has 4 nitrogen and oxygen atoms in total. The van der Waals surface area contributed by atoms with Crippen LogP contribution in [-0.4, -0.2) is 35.7 Å². The van der Waals surface area contributed by atoms with Crippen LogP contribution in [0.4, 0.5) is 0 Å². The molecule has 2 heterocycles. The quantitative estimate of drug-likeness (QED) is 0.926. The Bertz CT molecular complexity index is 533. The minimum atomic E-state index is -0.626. The van der Waals surface area contributed by atoms with Crippen molar-refractivity contribution in [3.05, 3.63) is 29.3 Å². The van der Waals surface area contributed by atoms with Gasteiger partial charge in [-0.05, 0) is 49.5 Å². The predicted octanol–water partition coefficient (Wildman–Crippen LogP) is 2.70. The minimum Gasteiger partial charge on any atom is -0.493 e. The van der Waals surface area contributed by atoms with Crippen molar-refractivity contribution in [3.63, 3.8) is 0 Å². The number of carboxylic acid groups (broad SMARTS) is 1. The molecule has 0 atom stereocenters. The number of likely N-dealkylation sites (tertiary alicyclic amines) is 1. The van der Waals surface area contributed by atoms with Crippen molar-refractivity contribution in [3.8, 4) is 5.75 Å². The molecule has 0 aliphatic carbocycles. The molecule has 114 valence electrons. The highest BCUT2D eigenvalue weighted by molar-refractivity contribution is 5.74. The van der Waals surface area contributed by atoms with Crippen LogP contribution in [0.2, 0.25) is 0 Å². The number of fused-ring (bicyclic) bond motifs is 1. The number of hydrogen-bond donors (Lipinski definition) is 1. The van der Waals surface area contributed by atoms with Crippen LogP contribution < -0.4 is 4.74 Å². The van der Waals surface area contributed by atoms with Gasteiger partial charge in [0.15, 0.2) is 0 Å². The lowest BCUT2D eigenvalue weighted by Gasteiger charge is -2.38. The fraction of sp³-hybridized carbons (Fsp3) is 0.588. The van der Waals surface area contributed by atoms with Crippen molar-refractivity contribution in [2.24, 2.45) is 5.41 Å². The van der Waals surface area contributed by atoms with Gasteiger partial charge >= 0.3 is 5.97 Å². The van der Waals surface area contributed by atoms with E-state index < -0.39 is 11.4 Å². The monoisotopic (exact) mass is 289 g/mol. The predicted molar refractivity (Wildman–Crippen MR) is 80.5 cm³/mol. The Morgan fingerprint density at radius 3 is 2.81 bits per heavy atom. The van der Waals surface area contributed by atoms with Gasteiger partial charge in [0.25, 0.3) is 0 Å². The molecule has 0 spiro atoms. The standard InChI is InChI=1S/C17H23NO3/c1-2-17(16(19)20)6-8-18(9-7-17)12-13-3-4-15-14(11-13)5-10-21-15/h3-4,11H,2,5-10,12H2,1H3,(H,19,20). The molecule has 4 heteroatoms. The smallest absolute Gasteiger partial charge is 0.309 e. The van der Waals surface area contributed by atoms with Crippen molar-refractivity contribution >= 4 is 5.97 Å². The summed E-state index contributed by atoms with van der Waals surface area (Å²) in [5.74, 6) is 0.396. The molecule has 1 aromatic rings. The Morgan fingerprint density at radius 2 is 2.14 bits per heavy atom. The average Bonchev–Trinajstić information content (AvgIpc) is 2.95. The Balaban J connectivity index is 1.62.